The van der Waals surface area contributed by atoms with E-state index in [-0.39, 0.29) is 12.6 Å². The maximum Gasteiger partial charge on any atom is 0.218 e. The fourth-order valence-electron chi connectivity index (χ4n) is 2.25. The van der Waals surface area contributed by atoms with Gasteiger partial charge in [-0.3, -0.25) is 4.84 Å². The lowest BCUT2D eigenvalue weighted by molar-refractivity contribution is -0.110. The third-order valence-corrected chi connectivity index (χ3v) is 5.28. The van der Waals surface area contributed by atoms with E-state index >= 15 is 0 Å². The molecule has 0 aliphatic carbocycles. The minimum atomic E-state index is -3.40. The molecule has 1 aliphatic heterocycles. The molecule has 0 amide bonds. The van der Waals surface area contributed by atoms with Gasteiger partial charge in [-0.15, -0.1) is 0 Å². The number of sulfonamides is 1. The van der Waals surface area contributed by atoms with E-state index in [0.29, 0.717) is 11.6 Å². The lowest BCUT2D eigenvalue weighted by atomic mass is 10.0. The Hall–Kier alpha value is -0.660. The van der Waals surface area contributed by atoms with Crippen LogP contribution in [0.25, 0.3) is 0 Å². The summed E-state index contributed by atoms with van der Waals surface area (Å²) in [6.07, 6.45) is 0. The highest BCUT2D eigenvalue weighted by Crippen LogP contribution is 2.33. The molecule has 0 radical (unpaired) electrons. The highest BCUT2D eigenvalue weighted by molar-refractivity contribution is 7.90. The van der Waals surface area contributed by atoms with E-state index in [2.05, 4.69) is 4.72 Å². The van der Waals surface area contributed by atoms with E-state index in [9.17, 15) is 8.42 Å². The van der Waals surface area contributed by atoms with Crippen LogP contribution in [-0.4, -0.2) is 38.9 Å². The molecule has 0 bridgehead atoms. The van der Waals surface area contributed by atoms with Crippen LogP contribution in [0.4, 0.5) is 0 Å². The second-order valence-electron chi connectivity index (χ2n) is 4.42. The molecule has 1 aliphatic rings. The fraction of sp³-hybridized carbons (Fsp3) is 0.500. The van der Waals surface area contributed by atoms with Gasteiger partial charge >= 0.3 is 0 Å². The summed E-state index contributed by atoms with van der Waals surface area (Å²) in [4.78, 5) is 5.38. The summed E-state index contributed by atoms with van der Waals surface area (Å²) in [5.74, 6) is 0. The Morgan fingerprint density at radius 1 is 1.42 bits per heavy atom. The Morgan fingerprint density at radius 3 is 2.63 bits per heavy atom. The molecule has 1 heterocycles. The van der Waals surface area contributed by atoms with Gasteiger partial charge in [0.1, 0.15) is 5.25 Å². The Morgan fingerprint density at radius 2 is 2.05 bits per heavy atom. The molecule has 1 saturated heterocycles. The first-order chi connectivity index (χ1) is 8.95. The van der Waals surface area contributed by atoms with Gasteiger partial charge in [-0.25, -0.2) is 13.1 Å². The average molecular weight is 305 g/mol. The van der Waals surface area contributed by atoms with Crippen LogP contribution >= 0.6 is 11.6 Å². The normalized spacial score (nSPS) is 24.8. The van der Waals surface area contributed by atoms with Gasteiger partial charge in [-0.1, -0.05) is 30.7 Å². The molecule has 0 spiro atoms. The van der Waals surface area contributed by atoms with Crippen molar-refractivity contribution in [1.29, 1.82) is 0 Å². The minimum Gasteiger partial charge on any atom is -0.297 e. The topological polar surface area (TPSA) is 58.6 Å². The number of nitrogens with one attached hydrogen (secondary N) is 1. The molecule has 1 aromatic rings. The van der Waals surface area contributed by atoms with E-state index in [1.165, 1.54) is 0 Å². The third kappa shape index (κ3) is 3.09. The van der Waals surface area contributed by atoms with Crippen molar-refractivity contribution in [2.45, 2.75) is 18.2 Å². The predicted octanol–water partition coefficient (Wildman–Crippen LogP) is 1.57. The molecule has 106 valence electrons. The zero-order valence-electron chi connectivity index (χ0n) is 10.8. The first-order valence-corrected chi connectivity index (χ1v) is 7.98. The van der Waals surface area contributed by atoms with Crippen molar-refractivity contribution in [2.75, 3.05) is 20.2 Å². The van der Waals surface area contributed by atoms with Crippen molar-refractivity contribution in [3.63, 3.8) is 0 Å². The van der Waals surface area contributed by atoms with Crippen LogP contribution in [0.15, 0.2) is 24.3 Å². The fourth-order valence-corrected chi connectivity index (χ4v) is 3.90. The number of benzene rings is 1. The van der Waals surface area contributed by atoms with Crippen molar-refractivity contribution in [1.82, 2.24) is 9.79 Å². The van der Waals surface area contributed by atoms with Crippen LogP contribution in [-0.2, 0) is 14.9 Å². The summed E-state index contributed by atoms with van der Waals surface area (Å²) in [6, 6.07) is 6.82. The molecule has 1 fully saturated rings. The van der Waals surface area contributed by atoms with Crippen LogP contribution in [0.2, 0.25) is 5.02 Å². The van der Waals surface area contributed by atoms with Crippen LogP contribution in [0.1, 0.15) is 18.5 Å². The third-order valence-electron chi connectivity index (χ3n) is 3.14. The van der Waals surface area contributed by atoms with Crippen molar-refractivity contribution in [2.24, 2.45) is 0 Å². The Labute approximate surface area is 118 Å². The summed E-state index contributed by atoms with van der Waals surface area (Å²) < 4.78 is 26.9. The van der Waals surface area contributed by atoms with E-state index < -0.39 is 15.3 Å². The molecule has 2 unspecified atom stereocenters. The molecule has 0 saturated carbocycles. The number of halogens is 1. The Balaban J connectivity index is 2.33. The quantitative estimate of drug-likeness (QED) is 0.917. The van der Waals surface area contributed by atoms with Gasteiger partial charge in [0.15, 0.2) is 0 Å². The predicted molar refractivity (Wildman–Crippen MR) is 74.3 cm³/mol. The van der Waals surface area contributed by atoms with Crippen LogP contribution in [0.3, 0.4) is 0 Å². The summed E-state index contributed by atoms with van der Waals surface area (Å²) in [5.41, 5.74) is 0.871. The van der Waals surface area contributed by atoms with Crippen molar-refractivity contribution in [3.8, 4) is 0 Å². The maximum atomic E-state index is 12.2. The highest BCUT2D eigenvalue weighted by atomic mass is 35.5. The first-order valence-electron chi connectivity index (χ1n) is 6.05. The number of hydrogen-bond donors (Lipinski definition) is 1. The Kier molecular flexibility index (Phi) is 4.47. The second-order valence-corrected chi connectivity index (χ2v) is 6.84. The molecule has 0 aromatic heterocycles. The average Bonchev–Trinajstić information content (AvgIpc) is 2.73. The smallest absolute Gasteiger partial charge is 0.218 e. The van der Waals surface area contributed by atoms with E-state index in [4.69, 9.17) is 16.4 Å². The summed E-state index contributed by atoms with van der Waals surface area (Å²) in [5, 5.41) is 1.58. The van der Waals surface area contributed by atoms with E-state index in [1.54, 1.807) is 31.2 Å². The molecular formula is C12H17ClN2O3S. The van der Waals surface area contributed by atoms with Crippen molar-refractivity contribution in [3.05, 3.63) is 34.9 Å². The van der Waals surface area contributed by atoms with Gasteiger partial charge in [-0.05, 0) is 17.7 Å². The van der Waals surface area contributed by atoms with Crippen LogP contribution in [0.5, 0.6) is 0 Å². The van der Waals surface area contributed by atoms with Gasteiger partial charge in [0.25, 0.3) is 0 Å². The first kappa shape index (κ1) is 14.7. The maximum absolute atomic E-state index is 12.2. The number of hydroxylamine groups is 2. The zero-order chi connectivity index (χ0) is 14.0. The van der Waals surface area contributed by atoms with Gasteiger partial charge < -0.3 is 0 Å². The molecule has 2 atom stereocenters. The summed E-state index contributed by atoms with van der Waals surface area (Å²) in [7, 11) is -1.66. The molecule has 1 N–H and O–H groups in total. The molecule has 19 heavy (non-hydrogen) atoms. The SMILES string of the molecule is CCNS(=O)(=O)C1CON(C)C1c1ccc(Cl)cc1. The molecule has 1 aromatic carbocycles. The van der Waals surface area contributed by atoms with E-state index in [0.717, 1.165) is 5.56 Å². The molecule has 5 nitrogen and oxygen atoms in total. The number of nitrogens with zero attached hydrogens (tertiary/aromatic N) is 1. The van der Waals surface area contributed by atoms with Gasteiger partial charge in [0, 0.05) is 18.6 Å². The number of hydrogen-bond acceptors (Lipinski definition) is 4. The molecular weight excluding hydrogens is 288 g/mol. The summed E-state index contributed by atoms with van der Waals surface area (Å²) in [6.45, 7) is 2.28. The Bertz CT molecular complexity index is 532. The summed E-state index contributed by atoms with van der Waals surface area (Å²) >= 11 is 5.86. The van der Waals surface area contributed by atoms with Gasteiger partial charge in [-0.2, -0.15) is 5.06 Å². The lowest BCUT2D eigenvalue weighted by Crippen LogP contribution is -2.39. The standard InChI is InChI=1S/C12H17ClN2O3S/c1-3-14-19(16,17)11-8-18-15(2)12(11)9-4-6-10(13)7-5-9/h4-7,11-12,14H,3,8H2,1-2H3. The monoisotopic (exact) mass is 304 g/mol. The zero-order valence-corrected chi connectivity index (χ0v) is 12.4. The van der Waals surface area contributed by atoms with Crippen LogP contribution < -0.4 is 4.72 Å². The van der Waals surface area contributed by atoms with E-state index in [1.807, 2.05) is 12.1 Å². The van der Waals surface area contributed by atoms with Gasteiger partial charge in [0.2, 0.25) is 10.0 Å². The number of rotatable bonds is 4. The highest BCUT2D eigenvalue weighted by Gasteiger charge is 2.42. The molecule has 7 heteroatoms. The van der Waals surface area contributed by atoms with Crippen LogP contribution in [0, 0.1) is 0 Å². The lowest BCUT2D eigenvalue weighted by Gasteiger charge is -2.22. The van der Waals surface area contributed by atoms with Crippen molar-refractivity contribution >= 4 is 21.6 Å². The largest absolute Gasteiger partial charge is 0.297 e. The van der Waals surface area contributed by atoms with Gasteiger partial charge in [0.05, 0.1) is 12.6 Å². The minimum absolute atomic E-state index is 0.152. The second kappa shape index (κ2) is 5.76. The van der Waals surface area contributed by atoms with Crippen molar-refractivity contribution < 1.29 is 13.3 Å². The molecule has 2 rings (SSSR count).